The second-order valence-electron chi connectivity index (χ2n) is 3.16. The van der Waals surface area contributed by atoms with Crippen molar-refractivity contribution in [3.8, 4) is 0 Å². The highest BCUT2D eigenvalue weighted by atomic mass is 14.9. The Morgan fingerprint density at radius 2 is 2.36 bits per heavy atom. The third-order valence-corrected chi connectivity index (χ3v) is 1.50. The molecule has 3 heteroatoms. The number of hydrogen-bond donors (Lipinski definition) is 2. The minimum absolute atomic E-state index is 0.498. The van der Waals surface area contributed by atoms with Crippen molar-refractivity contribution < 1.29 is 0 Å². The molecule has 0 unspecified atom stereocenters. The fourth-order valence-electron chi connectivity index (χ4n) is 1.05. The van der Waals surface area contributed by atoms with Crippen molar-refractivity contribution in [2.75, 3.05) is 0 Å². The molecule has 1 aromatic heterocycles. The first-order valence-electron chi connectivity index (χ1n) is 3.95. The molecule has 1 aromatic rings. The second-order valence-corrected chi connectivity index (χ2v) is 3.16. The molecule has 0 saturated heterocycles. The van der Waals surface area contributed by atoms with E-state index >= 15 is 0 Å². The summed E-state index contributed by atoms with van der Waals surface area (Å²) in [5.41, 5.74) is 6.58. The van der Waals surface area contributed by atoms with Crippen molar-refractivity contribution >= 4 is 0 Å². The Morgan fingerprint density at radius 1 is 1.64 bits per heavy atom. The lowest BCUT2D eigenvalue weighted by atomic mass is 10.1. The van der Waals surface area contributed by atoms with Gasteiger partial charge in [-0.2, -0.15) is 0 Å². The Morgan fingerprint density at radius 3 is 2.82 bits per heavy atom. The van der Waals surface area contributed by atoms with E-state index in [2.05, 4.69) is 23.8 Å². The molecule has 11 heavy (non-hydrogen) atoms. The molecular weight excluding hydrogens is 138 g/mol. The number of aromatic nitrogens is 2. The predicted octanol–water partition coefficient (Wildman–Crippen LogP) is 1.07. The highest BCUT2D eigenvalue weighted by Crippen LogP contribution is 2.04. The topological polar surface area (TPSA) is 54.7 Å². The van der Waals surface area contributed by atoms with Crippen molar-refractivity contribution in [1.82, 2.24) is 9.97 Å². The van der Waals surface area contributed by atoms with Gasteiger partial charge in [0.05, 0.1) is 6.54 Å². The Balaban J connectivity index is 2.58. The Bertz CT molecular complexity index is 215. The minimum atomic E-state index is 0.498. The molecule has 0 saturated carbocycles. The van der Waals surface area contributed by atoms with E-state index in [-0.39, 0.29) is 0 Å². The molecule has 0 radical (unpaired) electrons. The SMILES string of the molecule is CC(C)Cc1cnc(CN)[nH]1. The summed E-state index contributed by atoms with van der Waals surface area (Å²) in [5, 5.41) is 0. The number of rotatable bonds is 3. The van der Waals surface area contributed by atoms with Crippen LogP contribution in [-0.2, 0) is 13.0 Å². The van der Waals surface area contributed by atoms with Gasteiger partial charge in [0.15, 0.2) is 0 Å². The van der Waals surface area contributed by atoms with Gasteiger partial charge in [-0.15, -0.1) is 0 Å². The summed E-state index contributed by atoms with van der Waals surface area (Å²) >= 11 is 0. The zero-order valence-corrected chi connectivity index (χ0v) is 7.09. The molecule has 0 aromatic carbocycles. The summed E-state index contributed by atoms with van der Waals surface area (Å²) in [6, 6.07) is 0. The highest BCUT2D eigenvalue weighted by molar-refractivity contribution is 5.01. The molecule has 62 valence electrons. The molecule has 3 nitrogen and oxygen atoms in total. The van der Waals surface area contributed by atoms with E-state index in [0.29, 0.717) is 12.5 Å². The maximum atomic E-state index is 5.40. The maximum Gasteiger partial charge on any atom is 0.120 e. The van der Waals surface area contributed by atoms with Gasteiger partial charge < -0.3 is 10.7 Å². The van der Waals surface area contributed by atoms with Gasteiger partial charge in [0.25, 0.3) is 0 Å². The lowest BCUT2D eigenvalue weighted by Crippen LogP contribution is -1.99. The smallest absolute Gasteiger partial charge is 0.120 e. The van der Waals surface area contributed by atoms with Crippen LogP contribution in [0.5, 0.6) is 0 Å². The lowest BCUT2D eigenvalue weighted by molar-refractivity contribution is 0.636. The van der Waals surface area contributed by atoms with Gasteiger partial charge in [-0.05, 0) is 12.3 Å². The van der Waals surface area contributed by atoms with Gasteiger partial charge in [0.1, 0.15) is 5.82 Å². The molecule has 1 heterocycles. The van der Waals surface area contributed by atoms with Crippen molar-refractivity contribution in [1.29, 1.82) is 0 Å². The fourth-order valence-corrected chi connectivity index (χ4v) is 1.05. The summed E-state index contributed by atoms with van der Waals surface area (Å²) in [6.07, 6.45) is 2.91. The van der Waals surface area contributed by atoms with Crippen LogP contribution in [0.15, 0.2) is 6.20 Å². The Labute approximate surface area is 67.0 Å². The van der Waals surface area contributed by atoms with Gasteiger partial charge in [0.2, 0.25) is 0 Å². The van der Waals surface area contributed by atoms with Crippen molar-refractivity contribution in [3.05, 3.63) is 17.7 Å². The molecule has 3 N–H and O–H groups in total. The fraction of sp³-hybridized carbons (Fsp3) is 0.625. The normalized spacial score (nSPS) is 10.9. The summed E-state index contributed by atoms with van der Waals surface area (Å²) in [6.45, 7) is 4.87. The summed E-state index contributed by atoms with van der Waals surface area (Å²) in [5.74, 6) is 1.54. The largest absolute Gasteiger partial charge is 0.345 e. The molecular formula is C8H15N3. The molecule has 0 fully saturated rings. The molecule has 0 amide bonds. The van der Waals surface area contributed by atoms with Gasteiger partial charge >= 0.3 is 0 Å². The second kappa shape index (κ2) is 3.53. The number of H-pyrrole nitrogens is 1. The number of hydrogen-bond acceptors (Lipinski definition) is 2. The van der Waals surface area contributed by atoms with E-state index in [9.17, 15) is 0 Å². The number of nitrogens with one attached hydrogen (secondary N) is 1. The monoisotopic (exact) mass is 153 g/mol. The molecule has 0 aliphatic heterocycles. The van der Waals surface area contributed by atoms with E-state index < -0.39 is 0 Å². The molecule has 0 atom stereocenters. The average molecular weight is 153 g/mol. The van der Waals surface area contributed by atoms with E-state index in [4.69, 9.17) is 5.73 Å². The average Bonchev–Trinajstić information content (AvgIpc) is 2.34. The van der Waals surface area contributed by atoms with Crippen molar-refractivity contribution in [3.63, 3.8) is 0 Å². The maximum absolute atomic E-state index is 5.40. The molecule has 0 aliphatic carbocycles. The first kappa shape index (κ1) is 8.27. The number of aromatic amines is 1. The standard InChI is InChI=1S/C8H15N3/c1-6(2)3-7-5-10-8(4-9)11-7/h5-6H,3-4,9H2,1-2H3,(H,10,11). The van der Waals surface area contributed by atoms with E-state index in [1.165, 1.54) is 5.69 Å². The predicted molar refractivity (Wildman–Crippen MR) is 45.0 cm³/mol. The van der Waals surface area contributed by atoms with Crippen LogP contribution in [0.4, 0.5) is 0 Å². The third-order valence-electron chi connectivity index (χ3n) is 1.50. The molecule has 0 bridgehead atoms. The van der Waals surface area contributed by atoms with Gasteiger partial charge in [0, 0.05) is 11.9 Å². The summed E-state index contributed by atoms with van der Waals surface area (Å²) in [4.78, 5) is 7.27. The van der Waals surface area contributed by atoms with Gasteiger partial charge in [-0.25, -0.2) is 4.98 Å². The van der Waals surface area contributed by atoms with Crippen molar-refractivity contribution in [2.45, 2.75) is 26.8 Å². The van der Waals surface area contributed by atoms with Crippen LogP contribution in [0.3, 0.4) is 0 Å². The van der Waals surface area contributed by atoms with Crippen LogP contribution >= 0.6 is 0 Å². The van der Waals surface area contributed by atoms with E-state index in [0.717, 1.165) is 12.2 Å². The summed E-state index contributed by atoms with van der Waals surface area (Å²) < 4.78 is 0. The first-order valence-corrected chi connectivity index (χ1v) is 3.95. The highest BCUT2D eigenvalue weighted by Gasteiger charge is 2.00. The Hall–Kier alpha value is -0.830. The number of imidazole rings is 1. The van der Waals surface area contributed by atoms with Crippen LogP contribution in [0, 0.1) is 5.92 Å². The van der Waals surface area contributed by atoms with Crippen LogP contribution in [0.25, 0.3) is 0 Å². The van der Waals surface area contributed by atoms with Crippen molar-refractivity contribution in [2.24, 2.45) is 11.7 Å². The Kier molecular flexibility index (Phi) is 2.65. The van der Waals surface area contributed by atoms with E-state index in [1.54, 1.807) is 0 Å². The van der Waals surface area contributed by atoms with E-state index in [1.807, 2.05) is 6.20 Å². The van der Waals surface area contributed by atoms with Crippen LogP contribution in [0.2, 0.25) is 0 Å². The van der Waals surface area contributed by atoms with Crippen LogP contribution in [0.1, 0.15) is 25.4 Å². The summed E-state index contributed by atoms with van der Waals surface area (Å²) in [7, 11) is 0. The number of nitrogens with two attached hydrogens (primary N) is 1. The quantitative estimate of drug-likeness (QED) is 0.682. The zero-order chi connectivity index (χ0) is 8.27. The lowest BCUT2D eigenvalue weighted by Gasteiger charge is -1.99. The number of nitrogens with zero attached hydrogens (tertiary/aromatic N) is 1. The van der Waals surface area contributed by atoms with Crippen LogP contribution in [-0.4, -0.2) is 9.97 Å². The minimum Gasteiger partial charge on any atom is -0.345 e. The first-order chi connectivity index (χ1) is 5.22. The molecule has 0 spiro atoms. The van der Waals surface area contributed by atoms with Gasteiger partial charge in [-0.1, -0.05) is 13.8 Å². The van der Waals surface area contributed by atoms with Crippen LogP contribution < -0.4 is 5.73 Å². The third kappa shape index (κ3) is 2.35. The van der Waals surface area contributed by atoms with Gasteiger partial charge in [-0.3, -0.25) is 0 Å². The molecule has 1 rings (SSSR count). The zero-order valence-electron chi connectivity index (χ0n) is 7.09. The molecule has 0 aliphatic rings.